The molecular formula is C21H36N6O2. The smallest absolute Gasteiger partial charge is 0.249 e. The minimum atomic E-state index is -0.209. The molecule has 0 saturated carbocycles. The van der Waals surface area contributed by atoms with Crippen LogP contribution in [0, 0.1) is 5.92 Å². The molecule has 1 fully saturated rings. The Kier molecular flexibility index (Phi) is 7.66. The number of hydrogen-bond acceptors (Lipinski definition) is 7. The van der Waals surface area contributed by atoms with E-state index in [1.165, 1.54) is 0 Å². The Bertz CT molecular complexity index is 675. The highest BCUT2D eigenvalue weighted by atomic mass is 16.3. The van der Waals surface area contributed by atoms with Crippen molar-refractivity contribution in [3.63, 3.8) is 0 Å². The van der Waals surface area contributed by atoms with E-state index in [1.54, 1.807) is 6.33 Å². The number of β-amino-alcohol motifs (C(OH)–C–C–N with tert-alkyl or cyclic N) is 1. The summed E-state index contributed by atoms with van der Waals surface area (Å²) < 4.78 is 0. The van der Waals surface area contributed by atoms with Crippen LogP contribution in [0.3, 0.4) is 0 Å². The van der Waals surface area contributed by atoms with E-state index in [-0.39, 0.29) is 18.6 Å². The molecule has 3 heterocycles. The van der Waals surface area contributed by atoms with E-state index < -0.39 is 0 Å². The molecule has 8 heteroatoms. The summed E-state index contributed by atoms with van der Waals surface area (Å²) in [7, 11) is 0. The van der Waals surface area contributed by atoms with Crippen LogP contribution >= 0.6 is 0 Å². The van der Waals surface area contributed by atoms with Gasteiger partial charge in [-0.1, -0.05) is 33.6 Å². The van der Waals surface area contributed by atoms with Crippen LogP contribution in [-0.2, 0) is 4.79 Å². The third kappa shape index (κ3) is 5.17. The van der Waals surface area contributed by atoms with Crippen molar-refractivity contribution in [2.75, 3.05) is 61.0 Å². The fourth-order valence-corrected chi connectivity index (χ4v) is 4.02. The number of piperazine rings is 1. The fourth-order valence-electron chi connectivity index (χ4n) is 4.02. The molecule has 8 nitrogen and oxygen atoms in total. The maximum absolute atomic E-state index is 13.3. The SMILES string of the molecule is CCCC[C@@H]1Nc2ncnc(N3CCN(CCO)CC3)c2N(CCC(C)C)C1=O. The van der Waals surface area contributed by atoms with Gasteiger partial charge in [0.15, 0.2) is 11.6 Å². The number of nitrogens with zero attached hydrogens (tertiary/aromatic N) is 5. The Balaban J connectivity index is 1.87. The summed E-state index contributed by atoms with van der Waals surface area (Å²) in [4.78, 5) is 28.9. The minimum Gasteiger partial charge on any atom is -0.395 e. The van der Waals surface area contributed by atoms with Crippen LogP contribution in [0.2, 0.25) is 0 Å². The van der Waals surface area contributed by atoms with E-state index in [0.29, 0.717) is 19.0 Å². The quantitative estimate of drug-likeness (QED) is 0.651. The van der Waals surface area contributed by atoms with E-state index in [1.807, 2.05) is 4.90 Å². The summed E-state index contributed by atoms with van der Waals surface area (Å²) in [5, 5.41) is 12.6. The first kappa shape index (κ1) is 21.8. The molecule has 1 amide bonds. The first-order chi connectivity index (χ1) is 14.0. The highest BCUT2D eigenvalue weighted by Crippen LogP contribution is 2.38. The van der Waals surface area contributed by atoms with Gasteiger partial charge in [0.2, 0.25) is 5.91 Å². The van der Waals surface area contributed by atoms with Crippen molar-refractivity contribution in [1.82, 2.24) is 14.9 Å². The number of aromatic nitrogens is 2. The lowest BCUT2D eigenvalue weighted by molar-refractivity contribution is -0.119. The Morgan fingerprint density at radius 1 is 1.21 bits per heavy atom. The molecule has 0 bridgehead atoms. The van der Waals surface area contributed by atoms with Gasteiger partial charge < -0.3 is 20.2 Å². The number of hydrogen-bond donors (Lipinski definition) is 2. The number of rotatable bonds is 9. The summed E-state index contributed by atoms with van der Waals surface area (Å²) in [6.07, 6.45) is 5.46. The maximum atomic E-state index is 13.3. The highest BCUT2D eigenvalue weighted by molar-refractivity contribution is 6.06. The molecule has 162 valence electrons. The van der Waals surface area contributed by atoms with Crippen LogP contribution in [0.25, 0.3) is 0 Å². The third-order valence-electron chi connectivity index (χ3n) is 5.81. The molecule has 1 saturated heterocycles. The van der Waals surface area contributed by atoms with Gasteiger partial charge in [-0.25, -0.2) is 9.97 Å². The molecule has 1 atom stereocenters. The van der Waals surface area contributed by atoms with E-state index >= 15 is 0 Å². The number of amides is 1. The molecule has 0 aliphatic carbocycles. The van der Waals surface area contributed by atoms with Crippen LogP contribution in [0.4, 0.5) is 17.3 Å². The molecule has 0 aromatic carbocycles. The van der Waals surface area contributed by atoms with E-state index in [2.05, 4.69) is 45.9 Å². The van der Waals surface area contributed by atoms with Crippen molar-refractivity contribution in [3.8, 4) is 0 Å². The third-order valence-corrected chi connectivity index (χ3v) is 5.81. The number of carbonyl (C=O) groups is 1. The van der Waals surface area contributed by atoms with Crippen LogP contribution in [-0.4, -0.2) is 77.8 Å². The van der Waals surface area contributed by atoms with Crippen molar-refractivity contribution < 1.29 is 9.90 Å². The molecule has 0 unspecified atom stereocenters. The molecule has 29 heavy (non-hydrogen) atoms. The van der Waals surface area contributed by atoms with Crippen molar-refractivity contribution in [1.29, 1.82) is 0 Å². The molecule has 0 spiro atoms. The molecule has 1 aromatic heterocycles. The Labute approximate surface area is 174 Å². The van der Waals surface area contributed by atoms with Gasteiger partial charge in [0.1, 0.15) is 18.1 Å². The summed E-state index contributed by atoms with van der Waals surface area (Å²) in [5.74, 6) is 2.28. The number of carbonyl (C=O) groups excluding carboxylic acids is 1. The number of anilines is 3. The Hall–Kier alpha value is -1.93. The molecular weight excluding hydrogens is 368 g/mol. The number of unbranched alkanes of at least 4 members (excludes halogenated alkanes) is 1. The Morgan fingerprint density at radius 2 is 1.97 bits per heavy atom. The normalized spacial score (nSPS) is 20.2. The lowest BCUT2D eigenvalue weighted by Crippen LogP contribution is -2.51. The first-order valence-corrected chi connectivity index (χ1v) is 11.1. The van der Waals surface area contributed by atoms with Gasteiger partial charge >= 0.3 is 0 Å². The van der Waals surface area contributed by atoms with Gasteiger partial charge in [0, 0.05) is 39.3 Å². The van der Waals surface area contributed by atoms with E-state index in [0.717, 1.165) is 69.2 Å². The van der Waals surface area contributed by atoms with Crippen LogP contribution < -0.4 is 15.1 Å². The van der Waals surface area contributed by atoms with Gasteiger partial charge in [-0.2, -0.15) is 0 Å². The average molecular weight is 405 g/mol. The fraction of sp³-hybridized carbons (Fsp3) is 0.762. The van der Waals surface area contributed by atoms with Crippen molar-refractivity contribution >= 4 is 23.2 Å². The van der Waals surface area contributed by atoms with Crippen molar-refractivity contribution in [2.24, 2.45) is 5.92 Å². The average Bonchev–Trinajstić information content (AvgIpc) is 2.72. The molecule has 1 aromatic rings. The molecule has 2 aliphatic heterocycles. The van der Waals surface area contributed by atoms with E-state index in [4.69, 9.17) is 0 Å². The number of aliphatic hydroxyl groups excluding tert-OH is 1. The minimum absolute atomic E-state index is 0.140. The first-order valence-electron chi connectivity index (χ1n) is 11.1. The lowest BCUT2D eigenvalue weighted by Gasteiger charge is -2.40. The predicted octanol–water partition coefficient (Wildman–Crippen LogP) is 1.95. The monoisotopic (exact) mass is 404 g/mol. The van der Waals surface area contributed by atoms with Gasteiger partial charge in [-0.05, 0) is 18.8 Å². The summed E-state index contributed by atoms with van der Waals surface area (Å²) in [6.45, 7) is 11.5. The largest absolute Gasteiger partial charge is 0.395 e. The predicted molar refractivity (Wildman–Crippen MR) is 117 cm³/mol. The second kappa shape index (κ2) is 10.2. The number of nitrogens with one attached hydrogen (secondary N) is 1. The van der Waals surface area contributed by atoms with Crippen molar-refractivity contribution in [3.05, 3.63) is 6.33 Å². The topological polar surface area (TPSA) is 84.8 Å². The molecule has 0 radical (unpaired) electrons. The zero-order valence-electron chi connectivity index (χ0n) is 18.1. The van der Waals surface area contributed by atoms with Gasteiger partial charge in [0.25, 0.3) is 0 Å². The van der Waals surface area contributed by atoms with Crippen LogP contribution in [0.15, 0.2) is 6.33 Å². The summed E-state index contributed by atoms with van der Waals surface area (Å²) in [5.41, 5.74) is 0.835. The zero-order chi connectivity index (χ0) is 20.8. The molecule has 3 rings (SSSR count). The van der Waals surface area contributed by atoms with Gasteiger partial charge in [-0.15, -0.1) is 0 Å². The maximum Gasteiger partial charge on any atom is 0.249 e. The van der Waals surface area contributed by atoms with Crippen LogP contribution in [0.5, 0.6) is 0 Å². The second-order valence-electron chi connectivity index (χ2n) is 8.46. The van der Waals surface area contributed by atoms with Crippen molar-refractivity contribution in [2.45, 2.75) is 52.5 Å². The van der Waals surface area contributed by atoms with E-state index in [9.17, 15) is 9.90 Å². The Morgan fingerprint density at radius 3 is 2.62 bits per heavy atom. The van der Waals surface area contributed by atoms with Gasteiger partial charge in [-0.3, -0.25) is 9.69 Å². The molecule has 2 N–H and O–H groups in total. The van der Waals surface area contributed by atoms with Gasteiger partial charge in [0.05, 0.1) is 6.61 Å². The second-order valence-corrected chi connectivity index (χ2v) is 8.46. The number of aliphatic hydroxyl groups is 1. The summed E-state index contributed by atoms with van der Waals surface area (Å²) in [6, 6.07) is -0.209. The summed E-state index contributed by atoms with van der Waals surface area (Å²) >= 11 is 0. The lowest BCUT2D eigenvalue weighted by atomic mass is 10.0. The van der Waals surface area contributed by atoms with Crippen LogP contribution in [0.1, 0.15) is 46.5 Å². The number of fused-ring (bicyclic) bond motifs is 1. The zero-order valence-corrected chi connectivity index (χ0v) is 18.1. The standard InChI is InChI=1S/C21H36N6O2/c1-4-5-6-17-21(29)27(8-7-16(2)3)18-19(24-17)22-15-23-20(18)26-11-9-25(10-12-26)13-14-28/h15-17,28H,4-14H2,1-3H3,(H,22,23,24)/t17-/m0/s1. The molecule has 2 aliphatic rings. The highest BCUT2D eigenvalue weighted by Gasteiger charge is 2.36.